The van der Waals surface area contributed by atoms with E-state index in [9.17, 15) is 8.78 Å². The fraction of sp³-hybridized carbons (Fsp3) is 0.333. The highest BCUT2D eigenvalue weighted by molar-refractivity contribution is 5.34. The standard InChI is InChI=1S/C15H16F2N4/c16-14-7-12(9-18)8-15(17)13(14)10-19-3-1-2-5-21-6-4-20-11-21/h4,6-8,11,19H,1-3,5,10H2. The van der Waals surface area contributed by atoms with Gasteiger partial charge in [-0.1, -0.05) is 0 Å². The summed E-state index contributed by atoms with van der Waals surface area (Å²) in [4.78, 5) is 3.95. The van der Waals surface area contributed by atoms with Crippen LogP contribution < -0.4 is 5.32 Å². The second kappa shape index (κ2) is 7.50. The van der Waals surface area contributed by atoms with Crippen LogP contribution in [0.5, 0.6) is 0 Å². The van der Waals surface area contributed by atoms with Crippen LogP contribution in [0.3, 0.4) is 0 Å². The Morgan fingerprint density at radius 1 is 1.24 bits per heavy atom. The molecule has 1 aromatic carbocycles. The molecule has 2 aromatic rings. The number of rotatable bonds is 7. The van der Waals surface area contributed by atoms with Crippen molar-refractivity contribution in [2.75, 3.05) is 6.54 Å². The van der Waals surface area contributed by atoms with Crippen molar-refractivity contribution in [2.45, 2.75) is 25.9 Å². The Balaban J connectivity index is 1.72. The van der Waals surface area contributed by atoms with Gasteiger partial charge in [-0.25, -0.2) is 13.8 Å². The van der Waals surface area contributed by atoms with Gasteiger partial charge in [0.15, 0.2) is 0 Å². The quantitative estimate of drug-likeness (QED) is 0.797. The maximum Gasteiger partial charge on any atom is 0.131 e. The lowest BCUT2D eigenvalue weighted by atomic mass is 10.1. The molecule has 0 amide bonds. The van der Waals surface area contributed by atoms with Crippen LogP contribution >= 0.6 is 0 Å². The van der Waals surface area contributed by atoms with Crippen molar-refractivity contribution in [1.29, 1.82) is 5.26 Å². The van der Waals surface area contributed by atoms with E-state index in [2.05, 4.69) is 10.3 Å². The summed E-state index contributed by atoms with van der Waals surface area (Å²) in [6, 6.07) is 3.83. The number of aromatic nitrogens is 2. The molecular weight excluding hydrogens is 274 g/mol. The van der Waals surface area contributed by atoms with E-state index in [1.807, 2.05) is 10.8 Å². The molecule has 0 aliphatic heterocycles. The molecule has 4 nitrogen and oxygen atoms in total. The Hall–Kier alpha value is -2.26. The highest BCUT2D eigenvalue weighted by atomic mass is 19.1. The molecule has 0 fully saturated rings. The predicted octanol–water partition coefficient (Wildman–Crippen LogP) is 2.60. The fourth-order valence-corrected chi connectivity index (χ4v) is 2.01. The smallest absolute Gasteiger partial charge is 0.131 e. The second-order valence-corrected chi connectivity index (χ2v) is 4.71. The minimum absolute atomic E-state index is 0.00548. The van der Waals surface area contributed by atoms with Gasteiger partial charge in [0.2, 0.25) is 0 Å². The van der Waals surface area contributed by atoms with E-state index in [1.165, 1.54) is 0 Å². The highest BCUT2D eigenvalue weighted by Crippen LogP contribution is 2.14. The van der Waals surface area contributed by atoms with E-state index in [0.29, 0.717) is 6.54 Å². The maximum absolute atomic E-state index is 13.6. The Morgan fingerprint density at radius 3 is 2.62 bits per heavy atom. The van der Waals surface area contributed by atoms with Crippen LogP contribution in [0.2, 0.25) is 0 Å². The van der Waals surface area contributed by atoms with Gasteiger partial charge in [0.05, 0.1) is 18.0 Å². The molecule has 0 aliphatic rings. The molecular formula is C15H16F2N4. The zero-order chi connectivity index (χ0) is 15.1. The zero-order valence-corrected chi connectivity index (χ0v) is 11.5. The van der Waals surface area contributed by atoms with E-state index in [1.54, 1.807) is 18.6 Å². The van der Waals surface area contributed by atoms with E-state index >= 15 is 0 Å². The summed E-state index contributed by atoms with van der Waals surface area (Å²) in [7, 11) is 0. The number of hydrogen-bond donors (Lipinski definition) is 1. The number of imidazole rings is 1. The van der Waals surface area contributed by atoms with Crippen molar-refractivity contribution in [2.24, 2.45) is 0 Å². The summed E-state index contributed by atoms with van der Waals surface area (Å²) >= 11 is 0. The minimum atomic E-state index is -0.683. The summed E-state index contributed by atoms with van der Waals surface area (Å²) < 4.78 is 29.2. The fourth-order valence-electron chi connectivity index (χ4n) is 2.01. The number of halogens is 2. The van der Waals surface area contributed by atoms with Gasteiger partial charge in [-0.15, -0.1) is 0 Å². The van der Waals surface area contributed by atoms with Crippen molar-refractivity contribution in [3.63, 3.8) is 0 Å². The highest BCUT2D eigenvalue weighted by Gasteiger charge is 2.10. The first kappa shape index (κ1) is 15.1. The minimum Gasteiger partial charge on any atom is -0.337 e. The van der Waals surface area contributed by atoms with Crippen LogP contribution in [0.25, 0.3) is 0 Å². The Kier molecular flexibility index (Phi) is 5.41. The van der Waals surface area contributed by atoms with Gasteiger partial charge in [-0.2, -0.15) is 5.26 Å². The molecule has 0 saturated carbocycles. The Labute approximate surface area is 122 Å². The first-order valence-electron chi connectivity index (χ1n) is 6.75. The number of benzene rings is 1. The first-order valence-corrected chi connectivity index (χ1v) is 6.75. The third-order valence-electron chi connectivity index (χ3n) is 3.15. The van der Waals surface area contributed by atoms with Gasteiger partial charge in [0, 0.05) is 31.0 Å². The van der Waals surface area contributed by atoms with E-state index in [4.69, 9.17) is 5.26 Å². The van der Waals surface area contributed by atoms with Crippen molar-refractivity contribution >= 4 is 0 Å². The average molecular weight is 290 g/mol. The van der Waals surface area contributed by atoms with Crippen LogP contribution in [-0.4, -0.2) is 16.1 Å². The van der Waals surface area contributed by atoms with Crippen LogP contribution in [0.15, 0.2) is 30.9 Å². The number of nitrogens with zero attached hydrogens (tertiary/aromatic N) is 3. The summed E-state index contributed by atoms with van der Waals surface area (Å²) in [6.07, 6.45) is 7.25. The molecule has 21 heavy (non-hydrogen) atoms. The second-order valence-electron chi connectivity index (χ2n) is 4.71. The van der Waals surface area contributed by atoms with Gasteiger partial charge < -0.3 is 9.88 Å². The lowest BCUT2D eigenvalue weighted by Gasteiger charge is -2.08. The van der Waals surface area contributed by atoms with E-state index < -0.39 is 11.6 Å². The van der Waals surface area contributed by atoms with Crippen molar-refractivity contribution < 1.29 is 8.78 Å². The number of unbranched alkanes of at least 4 members (excludes halogenated alkanes) is 1. The molecule has 0 radical (unpaired) electrons. The number of nitriles is 1. The summed E-state index contributed by atoms with van der Waals surface area (Å²) in [5.74, 6) is -1.37. The summed E-state index contributed by atoms with van der Waals surface area (Å²) in [5, 5.41) is 11.6. The first-order chi connectivity index (χ1) is 10.2. The largest absolute Gasteiger partial charge is 0.337 e. The summed E-state index contributed by atoms with van der Waals surface area (Å²) in [6.45, 7) is 1.67. The molecule has 0 saturated heterocycles. The monoisotopic (exact) mass is 290 g/mol. The van der Waals surface area contributed by atoms with Gasteiger partial charge in [-0.3, -0.25) is 0 Å². The number of aryl methyl sites for hydroxylation is 1. The zero-order valence-electron chi connectivity index (χ0n) is 11.5. The molecule has 0 bridgehead atoms. The summed E-state index contributed by atoms with van der Waals surface area (Å²) in [5.41, 5.74) is -0.0299. The Bertz CT molecular complexity index is 594. The molecule has 0 aliphatic carbocycles. The molecule has 6 heteroatoms. The normalized spacial score (nSPS) is 10.5. The molecule has 1 N–H and O–H groups in total. The van der Waals surface area contributed by atoms with Gasteiger partial charge in [-0.05, 0) is 31.5 Å². The van der Waals surface area contributed by atoms with Crippen molar-refractivity contribution in [3.8, 4) is 6.07 Å². The Morgan fingerprint density at radius 2 is 2.00 bits per heavy atom. The maximum atomic E-state index is 13.6. The average Bonchev–Trinajstić information content (AvgIpc) is 2.97. The van der Waals surface area contributed by atoms with Crippen molar-refractivity contribution in [3.05, 3.63) is 53.6 Å². The molecule has 110 valence electrons. The molecule has 1 aromatic heterocycles. The van der Waals surface area contributed by atoms with E-state index in [-0.39, 0.29) is 17.7 Å². The lowest BCUT2D eigenvalue weighted by Crippen LogP contribution is -2.17. The van der Waals surface area contributed by atoms with Crippen LogP contribution in [-0.2, 0) is 13.1 Å². The molecule has 0 spiro atoms. The number of nitrogens with one attached hydrogen (secondary N) is 1. The molecule has 0 atom stereocenters. The van der Waals surface area contributed by atoms with Gasteiger partial charge in [0.1, 0.15) is 11.6 Å². The molecule has 0 unspecified atom stereocenters. The van der Waals surface area contributed by atoms with Gasteiger partial charge in [0.25, 0.3) is 0 Å². The lowest BCUT2D eigenvalue weighted by molar-refractivity contribution is 0.521. The number of hydrogen-bond acceptors (Lipinski definition) is 3. The van der Waals surface area contributed by atoms with Crippen molar-refractivity contribution in [1.82, 2.24) is 14.9 Å². The third-order valence-corrected chi connectivity index (χ3v) is 3.15. The van der Waals surface area contributed by atoms with Crippen LogP contribution in [0.1, 0.15) is 24.0 Å². The van der Waals surface area contributed by atoms with Crippen LogP contribution in [0, 0.1) is 23.0 Å². The molecule has 1 heterocycles. The van der Waals surface area contributed by atoms with Gasteiger partial charge >= 0.3 is 0 Å². The predicted molar refractivity (Wildman–Crippen MR) is 74.2 cm³/mol. The third kappa shape index (κ3) is 4.36. The van der Waals surface area contributed by atoms with Crippen LogP contribution in [0.4, 0.5) is 8.78 Å². The SMILES string of the molecule is N#Cc1cc(F)c(CNCCCCn2ccnc2)c(F)c1. The molecule has 2 rings (SSSR count). The van der Waals surface area contributed by atoms with E-state index in [0.717, 1.165) is 31.5 Å². The topological polar surface area (TPSA) is 53.6 Å².